The lowest BCUT2D eigenvalue weighted by molar-refractivity contribution is 0.293. The van der Waals surface area contributed by atoms with Crippen molar-refractivity contribution in [3.05, 3.63) is 89.6 Å². The van der Waals surface area contributed by atoms with Gasteiger partial charge in [-0.1, -0.05) is 19.1 Å². The number of benzene rings is 2. The molecule has 1 unspecified atom stereocenters. The topological polar surface area (TPSA) is 45.1 Å². The number of aromatic nitrogens is 2. The van der Waals surface area contributed by atoms with Gasteiger partial charge in [0.1, 0.15) is 23.1 Å². The zero-order chi connectivity index (χ0) is 21.3. The Morgan fingerprint density at radius 3 is 2.37 bits per heavy atom. The second-order valence-electron chi connectivity index (χ2n) is 7.02. The van der Waals surface area contributed by atoms with E-state index in [-0.39, 0.29) is 11.1 Å². The summed E-state index contributed by atoms with van der Waals surface area (Å²) < 4.78 is 48.8. The van der Waals surface area contributed by atoms with E-state index in [1.165, 1.54) is 36.4 Å². The molecule has 2 aromatic heterocycles. The highest BCUT2D eigenvalue weighted by Crippen LogP contribution is 2.37. The van der Waals surface area contributed by atoms with Gasteiger partial charge in [-0.2, -0.15) is 5.10 Å². The summed E-state index contributed by atoms with van der Waals surface area (Å²) in [6.45, 7) is 2.59. The van der Waals surface area contributed by atoms with Crippen molar-refractivity contribution in [1.82, 2.24) is 15.1 Å². The van der Waals surface area contributed by atoms with Crippen LogP contribution in [0, 0.1) is 17.5 Å². The number of rotatable bonds is 6. The van der Waals surface area contributed by atoms with E-state index in [0.717, 1.165) is 5.56 Å². The van der Waals surface area contributed by atoms with E-state index >= 15 is 8.78 Å². The van der Waals surface area contributed by atoms with Crippen LogP contribution in [0.4, 0.5) is 13.2 Å². The van der Waals surface area contributed by atoms with E-state index in [9.17, 15) is 4.39 Å². The van der Waals surface area contributed by atoms with Gasteiger partial charge in [-0.05, 0) is 61.1 Å². The fraction of sp³-hybridized carbons (Fsp3) is 0.174. The lowest BCUT2D eigenvalue weighted by atomic mass is 9.94. The van der Waals surface area contributed by atoms with Gasteiger partial charge in [0.25, 0.3) is 0 Å². The molecule has 4 aromatic rings. The number of hydrogen-bond donors (Lipinski definition) is 1. The quantitative estimate of drug-likeness (QED) is 0.436. The molecule has 0 saturated carbocycles. The fourth-order valence-electron chi connectivity index (χ4n) is 3.62. The van der Waals surface area contributed by atoms with E-state index in [2.05, 4.69) is 10.2 Å². The molecule has 2 aromatic carbocycles. The lowest BCUT2D eigenvalue weighted by Gasteiger charge is -2.28. The fourth-order valence-corrected chi connectivity index (χ4v) is 3.62. The van der Waals surface area contributed by atoms with Gasteiger partial charge in [0, 0.05) is 5.56 Å². The molecule has 0 fully saturated rings. The van der Waals surface area contributed by atoms with Crippen molar-refractivity contribution in [3.8, 4) is 22.6 Å². The van der Waals surface area contributed by atoms with Gasteiger partial charge in [-0.25, -0.2) is 13.2 Å². The number of halogens is 3. The van der Waals surface area contributed by atoms with Crippen LogP contribution in [-0.4, -0.2) is 28.7 Å². The summed E-state index contributed by atoms with van der Waals surface area (Å²) in [6, 6.07) is 10.8. The summed E-state index contributed by atoms with van der Waals surface area (Å²) >= 11 is 0. The van der Waals surface area contributed by atoms with Crippen LogP contribution in [0.25, 0.3) is 22.6 Å². The minimum absolute atomic E-state index is 0.185. The Balaban J connectivity index is 1.82. The largest absolute Gasteiger partial charge is 0.463 e. The average Bonchev–Trinajstić information content (AvgIpc) is 3.41. The van der Waals surface area contributed by atoms with Crippen LogP contribution >= 0.6 is 0 Å². The van der Waals surface area contributed by atoms with Crippen LogP contribution < -0.4 is 0 Å². The predicted molar refractivity (Wildman–Crippen MR) is 108 cm³/mol. The van der Waals surface area contributed by atoms with Crippen molar-refractivity contribution < 1.29 is 17.6 Å². The number of nitrogens with one attached hydrogen (secondary N) is 1. The van der Waals surface area contributed by atoms with E-state index in [1.807, 2.05) is 18.9 Å². The first kappa shape index (κ1) is 20.0. The number of furan rings is 1. The van der Waals surface area contributed by atoms with Crippen LogP contribution in [0.15, 0.2) is 65.4 Å². The first-order valence-corrected chi connectivity index (χ1v) is 9.51. The molecule has 0 radical (unpaired) electrons. The molecule has 2 heterocycles. The molecule has 0 aliphatic heterocycles. The minimum atomic E-state index is -0.714. The van der Waals surface area contributed by atoms with Gasteiger partial charge in [0.15, 0.2) is 5.76 Å². The molecule has 1 N–H and O–H groups in total. The molecule has 0 bridgehead atoms. The van der Waals surface area contributed by atoms with E-state index in [4.69, 9.17) is 4.42 Å². The van der Waals surface area contributed by atoms with Crippen LogP contribution in [0.2, 0.25) is 0 Å². The molecule has 0 saturated heterocycles. The van der Waals surface area contributed by atoms with Gasteiger partial charge < -0.3 is 4.42 Å². The van der Waals surface area contributed by atoms with Gasteiger partial charge >= 0.3 is 0 Å². The van der Waals surface area contributed by atoms with Crippen molar-refractivity contribution in [2.45, 2.75) is 13.0 Å². The molecule has 7 heteroatoms. The molecule has 154 valence electrons. The van der Waals surface area contributed by atoms with Gasteiger partial charge in [0.2, 0.25) is 0 Å². The van der Waals surface area contributed by atoms with Crippen molar-refractivity contribution in [2.24, 2.45) is 0 Å². The summed E-state index contributed by atoms with van der Waals surface area (Å²) in [4.78, 5) is 1.96. The number of aromatic amines is 1. The molecule has 1 atom stereocenters. The SMILES string of the molecule is CCN(C)C(c1cc(F)c(-c2ccc(F)cc2)c(F)c1)c1cn[nH]c1-c1ccco1. The predicted octanol–water partition coefficient (Wildman–Crippen LogP) is 5.80. The Labute approximate surface area is 172 Å². The molecule has 4 rings (SSSR count). The maximum absolute atomic E-state index is 15.0. The van der Waals surface area contributed by atoms with Crippen LogP contribution in [0.1, 0.15) is 24.1 Å². The first-order valence-electron chi connectivity index (χ1n) is 9.51. The highest BCUT2D eigenvalue weighted by molar-refractivity contribution is 5.66. The van der Waals surface area contributed by atoms with Crippen molar-refractivity contribution in [2.75, 3.05) is 13.6 Å². The second-order valence-corrected chi connectivity index (χ2v) is 7.02. The monoisotopic (exact) mass is 411 g/mol. The molecule has 0 aliphatic rings. The zero-order valence-corrected chi connectivity index (χ0v) is 16.5. The first-order chi connectivity index (χ1) is 14.5. The Morgan fingerprint density at radius 1 is 1.07 bits per heavy atom. The molecule has 0 amide bonds. The third-order valence-corrected chi connectivity index (χ3v) is 5.18. The maximum Gasteiger partial charge on any atom is 0.151 e. The summed E-state index contributed by atoms with van der Waals surface area (Å²) in [5.74, 6) is -1.31. The number of H-pyrrole nitrogens is 1. The second kappa shape index (κ2) is 8.20. The number of hydrogen-bond acceptors (Lipinski definition) is 3. The van der Waals surface area contributed by atoms with Crippen LogP contribution in [0.5, 0.6) is 0 Å². The maximum atomic E-state index is 15.0. The normalized spacial score (nSPS) is 12.5. The van der Waals surface area contributed by atoms with Crippen LogP contribution in [-0.2, 0) is 0 Å². The van der Waals surface area contributed by atoms with Gasteiger partial charge in [-0.15, -0.1) is 0 Å². The molecular formula is C23H20F3N3O. The van der Waals surface area contributed by atoms with Crippen LogP contribution in [0.3, 0.4) is 0 Å². The molecular weight excluding hydrogens is 391 g/mol. The number of nitrogens with zero attached hydrogens (tertiary/aromatic N) is 2. The molecule has 30 heavy (non-hydrogen) atoms. The highest BCUT2D eigenvalue weighted by Gasteiger charge is 2.27. The van der Waals surface area contributed by atoms with E-state index in [0.29, 0.717) is 23.6 Å². The lowest BCUT2D eigenvalue weighted by Crippen LogP contribution is -2.25. The Bertz CT molecular complexity index is 1110. The summed E-state index contributed by atoms with van der Waals surface area (Å²) in [5.41, 5.74) is 1.92. The molecule has 0 aliphatic carbocycles. The van der Waals surface area contributed by atoms with Crippen molar-refractivity contribution in [3.63, 3.8) is 0 Å². The third-order valence-electron chi connectivity index (χ3n) is 5.18. The summed E-state index contributed by atoms with van der Waals surface area (Å²) in [6.07, 6.45) is 3.19. The molecule has 4 nitrogen and oxygen atoms in total. The smallest absolute Gasteiger partial charge is 0.151 e. The van der Waals surface area contributed by atoms with E-state index < -0.39 is 23.5 Å². The average molecular weight is 411 g/mol. The summed E-state index contributed by atoms with van der Waals surface area (Å²) in [7, 11) is 1.87. The third kappa shape index (κ3) is 3.64. The summed E-state index contributed by atoms with van der Waals surface area (Å²) in [5, 5.41) is 7.04. The van der Waals surface area contributed by atoms with Gasteiger partial charge in [-0.3, -0.25) is 10.00 Å². The standard InChI is InChI=1S/C23H20F3N3O/c1-3-29(2)23(17-13-27-28-22(17)20-5-4-10-30-20)15-11-18(25)21(19(26)12-15)14-6-8-16(24)9-7-14/h4-13,23H,3H2,1-2H3,(H,27,28). The molecule has 0 spiro atoms. The minimum Gasteiger partial charge on any atom is -0.463 e. The van der Waals surface area contributed by atoms with Crippen molar-refractivity contribution in [1.29, 1.82) is 0 Å². The van der Waals surface area contributed by atoms with Crippen molar-refractivity contribution >= 4 is 0 Å². The Morgan fingerprint density at radius 2 is 1.77 bits per heavy atom. The van der Waals surface area contributed by atoms with Gasteiger partial charge in [0.05, 0.1) is 24.1 Å². The van der Waals surface area contributed by atoms with E-state index in [1.54, 1.807) is 24.6 Å². The Kier molecular flexibility index (Phi) is 5.46. The Hall–Kier alpha value is -3.32. The highest BCUT2D eigenvalue weighted by atomic mass is 19.1. The zero-order valence-electron chi connectivity index (χ0n) is 16.5.